The molecule has 0 amide bonds. The summed E-state index contributed by atoms with van der Waals surface area (Å²) in [5.74, 6) is -24.5. The van der Waals surface area contributed by atoms with E-state index in [1.54, 1.807) is 0 Å². The third kappa shape index (κ3) is 4.44. The van der Waals surface area contributed by atoms with Crippen LogP contribution < -0.4 is 0 Å². The number of carbonyl (C=O) groups is 1. The van der Waals surface area contributed by atoms with Crippen molar-refractivity contribution in [2.24, 2.45) is 0 Å². The van der Waals surface area contributed by atoms with Crippen molar-refractivity contribution in [2.45, 2.75) is 36.1 Å². The summed E-state index contributed by atoms with van der Waals surface area (Å²) in [4.78, 5) is 10.8. The molecule has 5 nitrogen and oxygen atoms in total. The van der Waals surface area contributed by atoms with Crippen LogP contribution in [-0.2, 0) is 19.6 Å². The van der Waals surface area contributed by atoms with Crippen LogP contribution in [0.25, 0.3) is 0 Å². The van der Waals surface area contributed by atoms with E-state index in [0.29, 0.717) is 13.0 Å². The number of likely N-dealkylation sites (N-methyl/N-ethyl adjacent to an activating group) is 1. The van der Waals surface area contributed by atoms with Gasteiger partial charge in [-0.2, -0.15) is 52.6 Å². The molecule has 17 heteroatoms. The predicted octanol–water partition coefficient (Wildman–Crippen LogP) is 3.43. The Hall–Kier alpha value is -1.65. The summed E-state index contributed by atoms with van der Waals surface area (Å²) < 4.78 is 170. The number of carbonyl (C=O) groups excluding carboxylic acids is 1. The van der Waals surface area contributed by atoms with Crippen molar-refractivity contribution >= 4 is 16.0 Å². The van der Waals surface area contributed by atoms with Gasteiger partial charge in [-0.1, -0.05) is 13.5 Å². The normalized spacial score (nSPS) is 14.8. The van der Waals surface area contributed by atoms with Gasteiger partial charge in [0.05, 0.1) is 0 Å². The molecule has 0 aliphatic rings. The topological polar surface area (TPSA) is 63.7 Å². The molecule has 0 bridgehead atoms. The van der Waals surface area contributed by atoms with Gasteiger partial charge >= 0.3 is 35.2 Å². The summed E-state index contributed by atoms with van der Waals surface area (Å²) in [7, 11) is -6.95. The van der Waals surface area contributed by atoms with Crippen LogP contribution in [0.3, 0.4) is 0 Å². The Bertz CT molecular complexity index is 718. The summed E-state index contributed by atoms with van der Waals surface area (Å²) in [5, 5.41) is -7.11. The molecule has 0 aliphatic heterocycles. The molecule has 0 spiro atoms. The first-order valence-corrected chi connectivity index (χ1v) is 8.47. The maximum Gasteiger partial charge on any atom is 0.460 e. The lowest BCUT2D eigenvalue weighted by Gasteiger charge is -2.38. The van der Waals surface area contributed by atoms with Gasteiger partial charge in [-0.3, -0.25) is 0 Å². The SMILES string of the molecule is C=CC(=O)OCCN(CC)S(=O)(=O)C(F)(F)C(F)(F)C(F)(F)C(F)(F)C(F)(F)F. The molecule has 0 N–H and O–H groups in total. The van der Waals surface area contributed by atoms with Crippen LogP contribution in [0.5, 0.6) is 0 Å². The first-order valence-electron chi connectivity index (χ1n) is 7.03. The van der Waals surface area contributed by atoms with E-state index in [2.05, 4.69) is 11.3 Å². The fourth-order valence-electron chi connectivity index (χ4n) is 1.64. The van der Waals surface area contributed by atoms with E-state index in [1.807, 2.05) is 0 Å². The van der Waals surface area contributed by atoms with Crippen molar-refractivity contribution in [3.8, 4) is 0 Å². The Balaban J connectivity index is 6.14. The highest BCUT2D eigenvalue weighted by molar-refractivity contribution is 7.90. The van der Waals surface area contributed by atoms with E-state index in [9.17, 15) is 61.5 Å². The van der Waals surface area contributed by atoms with Gasteiger partial charge in [0.25, 0.3) is 10.0 Å². The van der Waals surface area contributed by atoms with Crippen molar-refractivity contribution in [1.82, 2.24) is 4.31 Å². The molecule has 0 saturated carbocycles. The number of sulfonamides is 1. The van der Waals surface area contributed by atoms with Gasteiger partial charge in [0.1, 0.15) is 6.61 Å². The lowest BCUT2D eigenvalue weighted by Crippen LogP contribution is -2.69. The van der Waals surface area contributed by atoms with Gasteiger partial charge in [-0.25, -0.2) is 13.2 Å². The van der Waals surface area contributed by atoms with E-state index in [4.69, 9.17) is 0 Å². The van der Waals surface area contributed by atoms with E-state index in [1.165, 1.54) is 0 Å². The Morgan fingerprint density at radius 2 is 1.38 bits per heavy atom. The van der Waals surface area contributed by atoms with Gasteiger partial charge in [-0.15, -0.1) is 0 Å². The molecule has 0 aromatic heterocycles. The van der Waals surface area contributed by atoms with Gasteiger partial charge in [0, 0.05) is 19.2 Å². The van der Waals surface area contributed by atoms with Crippen LogP contribution in [0.15, 0.2) is 12.7 Å². The predicted molar refractivity (Wildman–Crippen MR) is 73.2 cm³/mol. The molecule has 0 aliphatic carbocycles. The summed E-state index contributed by atoms with van der Waals surface area (Å²) in [6.07, 6.45) is -6.89. The minimum absolute atomic E-state index is 0.521. The van der Waals surface area contributed by atoms with E-state index < -0.39 is 69.2 Å². The molecule has 0 rings (SSSR count). The molecule has 0 radical (unpaired) electrons. The lowest BCUT2D eigenvalue weighted by atomic mass is 10.0. The molecule has 0 fully saturated rings. The van der Waals surface area contributed by atoms with Crippen LogP contribution in [0.1, 0.15) is 6.92 Å². The van der Waals surface area contributed by atoms with Gasteiger partial charge in [-0.05, 0) is 0 Å². The van der Waals surface area contributed by atoms with Crippen molar-refractivity contribution in [3.63, 3.8) is 0 Å². The maximum atomic E-state index is 13.8. The Morgan fingerprint density at radius 1 is 0.931 bits per heavy atom. The Kier molecular flexibility index (Phi) is 7.76. The second kappa shape index (κ2) is 8.23. The summed E-state index contributed by atoms with van der Waals surface area (Å²) in [6.45, 7) is 0.0262. The van der Waals surface area contributed by atoms with Crippen LogP contribution in [0.2, 0.25) is 0 Å². The molecule has 29 heavy (non-hydrogen) atoms. The third-order valence-corrected chi connectivity index (χ3v) is 5.30. The lowest BCUT2D eigenvalue weighted by molar-refractivity contribution is -0.413. The zero-order valence-corrected chi connectivity index (χ0v) is 14.9. The average molecular weight is 475 g/mol. The van der Waals surface area contributed by atoms with Crippen molar-refractivity contribution in [2.75, 3.05) is 19.7 Å². The van der Waals surface area contributed by atoms with Crippen LogP contribution in [-0.4, -0.2) is 67.6 Å². The summed E-state index contributed by atoms with van der Waals surface area (Å²) in [6, 6.07) is 0. The number of alkyl halides is 11. The monoisotopic (exact) mass is 475 g/mol. The van der Waals surface area contributed by atoms with E-state index in [0.717, 1.165) is 0 Å². The maximum absolute atomic E-state index is 13.8. The van der Waals surface area contributed by atoms with Crippen LogP contribution in [0.4, 0.5) is 48.3 Å². The largest absolute Gasteiger partial charge is 0.461 e. The van der Waals surface area contributed by atoms with Crippen LogP contribution in [0, 0.1) is 0 Å². The highest BCUT2D eigenvalue weighted by atomic mass is 32.2. The number of hydrogen-bond acceptors (Lipinski definition) is 4. The standard InChI is InChI=1S/C12H12F11NO4S/c1-3-7(25)28-6-5-24(4-2)29(26,27)12(22,23)10(17,18)8(13,14)9(15,16)11(19,20)21/h3H,1,4-6H2,2H3. The molecule has 0 saturated heterocycles. The number of ether oxygens (including phenoxy) is 1. The zero-order valence-electron chi connectivity index (χ0n) is 14.1. The minimum atomic E-state index is -7.86. The average Bonchev–Trinajstić information content (AvgIpc) is 2.56. The van der Waals surface area contributed by atoms with Crippen molar-refractivity contribution < 1.29 is 66.2 Å². The highest BCUT2D eigenvalue weighted by Crippen LogP contribution is 2.58. The second-order valence-electron chi connectivity index (χ2n) is 5.11. The first kappa shape index (κ1) is 27.4. The molecule has 172 valence electrons. The molecule has 0 aromatic carbocycles. The number of halogens is 11. The Morgan fingerprint density at radius 3 is 1.72 bits per heavy atom. The Labute approximate surface area is 156 Å². The quantitative estimate of drug-likeness (QED) is 0.276. The smallest absolute Gasteiger partial charge is 0.460 e. The number of nitrogens with zero attached hydrogens (tertiary/aromatic N) is 1. The fraction of sp³-hybridized carbons (Fsp3) is 0.750. The van der Waals surface area contributed by atoms with Crippen molar-refractivity contribution in [1.29, 1.82) is 0 Å². The molecular weight excluding hydrogens is 463 g/mol. The van der Waals surface area contributed by atoms with E-state index in [-0.39, 0.29) is 0 Å². The fourth-order valence-corrected chi connectivity index (χ4v) is 3.07. The van der Waals surface area contributed by atoms with Gasteiger partial charge < -0.3 is 4.74 Å². The number of rotatable bonds is 10. The minimum Gasteiger partial charge on any atom is -0.461 e. The second-order valence-corrected chi connectivity index (χ2v) is 7.09. The molecule has 0 aromatic rings. The summed E-state index contributed by atoms with van der Waals surface area (Å²) in [5.41, 5.74) is 0. The molecular formula is C12H12F11NO4S. The number of esters is 1. The molecule has 0 unspecified atom stereocenters. The van der Waals surface area contributed by atoms with E-state index >= 15 is 0 Å². The van der Waals surface area contributed by atoms with Crippen LogP contribution >= 0.6 is 0 Å². The zero-order chi connectivity index (χ0) is 23.7. The third-order valence-electron chi connectivity index (χ3n) is 3.28. The van der Waals surface area contributed by atoms with Gasteiger partial charge in [0.15, 0.2) is 0 Å². The first-order chi connectivity index (χ1) is 12.7. The van der Waals surface area contributed by atoms with Gasteiger partial charge in [0.2, 0.25) is 0 Å². The highest BCUT2D eigenvalue weighted by Gasteiger charge is 2.89. The summed E-state index contributed by atoms with van der Waals surface area (Å²) >= 11 is 0. The molecule has 0 atom stereocenters. The van der Waals surface area contributed by atoms with Crippen molar-refractivity contribution in [3.05, 3.63) is 12.7 Å². The number of hydrogen-bond donors (Lipinski definition) is 0. The molecule has 0 heterocycles.